The van der Waals surface area contributed by atoms with Crippen molar-refractivity contribution in [2.75, 3.05) is 37.4 Å². The Morgan fingerprint density at radius 2 is 1.96 bits per heavy atom. The van der Waals surface area contributed by atoms with E-state index in [2.05, 4.69) is 10.6 Å². The zero-order chi connectivity index (χ0) is 20.1. The van der Waals surface area contributed by atoms with Crippen molar-refractivity contribution < 1.29 is 12.8 Å². The Hall–Kier alpha value is -2.10. The van der Waals surface area contributed by atoms with Gasteiger partial charge < -0.3 is 20.0 Å². The summed E-state index contributed by atoms with van der Waals surface area (Å²) in [5.41, 5.74) is 1.49. The van der Waals surface area contributed by atoms with Gasteiger partial charge >= 0.3 is 0 Å². The van der Waals surface area contributed by atoms with Crippen LogP contribution >= 0.6 is 12.2 Å². The Morgan fingerprint density at radius 1 is 1.21 bits per heavy atom. The number of benzene rings is 1. The summed E-state index contributed by atoms with van der Waals surface area (Å²) in [6.07, 6.45) is 4.49. The number of nitrogens with zero attached hydrogens (tertiary/aromatic N) is 2. The second kappa shape index (κ2) is 8.93. The lowest BCUT2D eigenvalue weighted by Gasteiger charge is -2.27. The monoisotopic (exact) mass is 422 g/mol. The quantitative estimate of drug-likeness (QED) is 0.693. The third-order valence-corrected chi connectivity index (χ3v) is 6.80. The van der Waals surface area contributed by atoms with Crippen LogP contribution in [0.1, 0.15) is 25.0 Å². The number of piperidine rings is 1. The van der Waals surface area contributed by atoms with Crippen molar-refractivity contribution in [1.29, 1.82) is 0 Å². The molecule has 2 N–H and O–H groups in total. The van der Waals surface area contributed by atoms with Crippen molar-refractivity contribution in [1.82, 2.24) is 9.62 Å². The minimum atomic E-state index is -3.51. The van der Waals surface area contributed by atoms with Crippen LogP contribution in [-0.2, 0) is 16.6 Å². The number of hydrogen-bond acceptors (Lipinski definition) is 5. The zero-order valence-corrected chi connectivity index (χ0v) is 17.8. The molecule has 1 saturated heterocycles. The Kier molecular flexibility index (Phi) is 6.58. The van der Waals surface area contributed by atoms with Gasteiger partial charge in [0.15, 0.2) is 5.11 Å². The highest BCUT2D eigenvalue weighted by molar-refractivity contribution is 7.89. The molecule has 0 radical (unpaired) electrons. The van der Waals surface area contributed by atoms with E-state index in [0.717, 1.165) is 30.7 Å². The molecule has 0 bridgehead atoms. The van der Waals surface area contributed by atoms with E-state index in [1.807, 2.05) is 31.1 Å². The van der Waals surface area contributed by atoms with Crippen molar-refractivity contribution in [3.63, 3.8) is 0 Å². The lowest BCUT2D eigenvalue weighted by Crippen LogP contribution is -2.35. The van der Waals surface area contributed by atoms with E-state index in [-0.39, 0.29) is 4.90 Å². The molecule has 0 unspecified atom stereocenters. The van der Waals surface area contributed by atoms with Crippen molar-refractivity contribution >= 4 is 38.7 Å². The first-order chi connectivity index (χ1) is 13.4. The van der Waals surface area contributed by atoms with E-state index in [4.69, 9.17) is 16.6 Å². The average molecular weight is 423 g/mol. The van der Waals surface area contributed by atoms with Crippen LogP contribution in [0.3, 0.4) is 0 Å². The standard InChI is InChI=1S/C19H26N4O3S2/c1-22(2)18-9-8-16(28(24,25)23-10-4-3-5-11-23)13-17(18)21-19(27)20-14-15-7-6-12-26-15/h6-9,12-13H,3-5,10-11,14H2,1-2H3,(H2,20,21,27). The molecule has 0 atom stereocenters. The summed E-state index contributed by atoms with van der Waals surface area (Å²) in [5.74, 6) is 0.762. The maximum atomic E-state index is 13.0. The summed E-state index contributed by atoms with van der Waals surface area (Å²) in [6.45, 7) is 1.59. The van der Waals surface area contributed by atoms with Gasteiger partial charge in [0.05, 0.1) is 29.1 Å². The van der Waals surface area contributed by atoms with Crippen LogP contribution in [0.2, 0.25) is 0 Å². The molecule has 0 amide bonds. The van der Waals surface area contributed by atoms with E-state index < -0.39 is 10.0 Å². The molecule has 1 aliphatic heterocycles. The normalized spacial score (nSPS) is 15.2. The fraction of sp³-hybridized carbons (Fsp3) is 0.421. The first-order valence-electron chi connectivity index (χ1n) is 9.26. The molecule has 1 aliphatic rings. The van der Waals surface area contributed by atoms with Crippen molar-refractivity contribution in [2.24, 2.45) is 0 Å². The summed E-state index contributed by atoms with van der Waals surface area (Å²) in [7, 11) is 0.288. The van der Waals surface area contributed by atoms with E-state index >= 15 is 0 Å². The molecule has 28 heavy (non-hydrogen) atoms. The van der Waals surface area contributed by atoms with Gasteiger partial charge in [-0.25, -0.2) is 8.42 Å². The van der Waals surface area contributed by atoms with Gasteiger partial charge in [0.2, 0.25) is 10.0 Å². The molecule has 1 aromatic carbocycles. The number of sulfonamides is 1. The molecular weight excluding hydrogens is 396 g/mol. The predicted octanol–water partition coefficient (Wildman–Crippen LogP) is 3.01. The summed E-state index contributed by atoms with van der Waals surface area (Å²) in [4.78, 5) is 2.19. The highest BCUT2D eigenvalue weighted by Crippen LogP contribution is 2.30. The molecule has 1 fully saturated rings. The second-order valence-corrected chi connectivity index (χ2v) is 9.27. The van der Waals surface area contributed by atoms with Gasteiger partial charge in [-0.2, -0.15) is 4.31 Å². The molecule has 3 rings (SSSR count). The van der Waals surface area contributed by atoms with E-state index in [0.29, 0.717) is 30.4 Å². The molecule has 0 aliphatic carbocycles. The average Bonchev–Trinajstić information content (AvgIpc) is 3.20. The molecule has 0 saturated carbocycles. The number of anilines is 2. The molecule has 7 nitrogen and oxygen atoms in total. The Balaban J connectivity index is 1.80. The first kappa shape index (κ1) is 20.6. The smallest absolute Gasteiger partial charge is 0.243 e. The third kappa shape index (κ3) is 4.84. The zero-order valence-electron chi connectivity index (χ0n) is 16.1. The van der Waals surface area contributed by atoms with E-state index in [1.165, 1.54) is 0 Å². The molecule has 2 aromatic rings. The van der Waals surface area contributed by atoms with E-state index in [9.17, 15) is 8.42 Å². The van der Waals surface area contributed by atoms with Crippen LogP contribution in [0, 0.1) is 0 Å². The Labute approximate surface area is 171 Å². The second-order valence-electron chi connectivity index (χ2n) is 6.93. The first-order valence-corrected chi connectivity index (χ1v) is 11.1. The van der Waals surface area contributed by atoms with Crippen LogP contribution < -0.4 is 15.5 Å². The van der Waals surface area contributed by atoms with Crippen molar-refractivity contribution in [3.05, 3.63) is 42.4 Å². The van der Waals surface area contributed by atoms with Crippen LogP contribution in [0.4, 0.5) is 11.4 Å². The lowest BCUT2D eigenvalue weighted by atomic mass is 10.2. The highest BCUT2D eigenvalue weighted by Gasteiger charge is 2.26. The van der Waals surface area contributed by atoms with Gasteiger partial charge in [-0.1, -0.05) is 6.42 Å². The topological polar surface area (TPSA) is 77.8 Å². The molecule has 1 aromatic heterocycles. The lowest BCUT2D eigenvalue weighted by molar-refractivity contribution is 0.346. The van der Waals surface area contributed by atoms with Crippen LogP contribution in [0.5, 0.6) is 0 Å². The SMILES string of the molecule is CN(C)c1ccc(S(=O)(=O)N2CCCCC2)cc1NC(=S)NCc1ccco1. The maximum absolute atomic E-state index is 13.0. The minimum Gasteiger partial charge on any atom is -0.467 e. The summed E-state index contributed by atoms with van der Waals surface area (Å²) >= 11 is 5.37. The predicted molar refractivity (Wildman–Crippen MR) is 115 cm³/mol. The third-order valence-electron chi connectivity index (χ3n) is 4.65. The van der Waals surface area contributed by atoms with Gasteiger partial charge in [0.1, 0.15) is 5.76 Å². The Bertz CT molecular complexity index is 905. The number of rotatable bonds is 6. The van der Waals surface area contributed by atoms with Gasteiger partial charge in [0, 0.05) is 27.2 Å². The number of furan rings is 1. The summed E-state index contributed by atoms with van der Waals surface area (Å²) < 4.78 is 32.9. The fourth-order valence-corrected chi connectivity index (χ4v) is 4.89. The van der Waals surface area contributed by atoms with Crippen LogP contribution in [0.15, 0.2) is 45.9 Å². The van der Waals surface area contributed by atoms with Gasteiger partial charge in [-0.15, -0.1) is 0 Å². The maximum Gasteiger partial charge on any atom is 0.243 e. The van der Waals surface area contributed by atoms with Crippen molar-refractivity contribution in [2.45, 2.75) is 30.7 Å². The number of thiocarbonyl (C=S) groups is 1. The minimum absolute atomic E-state index is 0.274. The number of nitrogens with one attached hydrogen (secondary N) is 2. The summed E-state index contributed by atoms with van der Waals surface area (Å²) in [6, 6.07) is 8.78. The molecular formula is C19H26N4O3S2. The molecule has 2 heterocycles. The van der Waals surface area contributed by atoms with E-state index in [1.54, 1.807) is 28.8 Å². The largest absolute Gasteiger partial charge is 0.467 e. The summed E-state index contributed by atoms with van der Waals surface area (Å²) in [5, 5.41) is 6.59. The fourth-order valence-electron chi connectivity index (χ4n) is 3.17. The molecule has 9 heteroatoms. The molecule has 0 spiro atoms. The van der Waals surface area contributed by atoms with Crippen LogP contribution in [0.25, 0.3) is 0 Å². The molecule has 152 valence electrons. The van der Waals surface area contributed by atoms with Gasteiger partial charge in [0.25, 0.3) is 0 Å². The van der Waals surface area contributed by atoms with Crippen molar-refractivity contribution in [3.8, 4) is 0 Å². The van der Waals surface area contributed by atoms with Crippen LogP contribution in [-0.4, -0.2) is 45.0 Å². The van der Waals surface area contributed by atoms with Gasteiger partial charge in [-0.05, 0) is 55.4 Å². The number of hydrogen-bond donors (Lipinski definition) is 2. The van der Waals surface area contributed by atoms with Gasteiger partial charge in [-0.3, -0.25) is 0 Å². The highest BCUT2D eigenvalue weighted by atomic mass is 32.2. The Morgan fingerprint density at radius 3 is 2.61 bits per heavy atom.